The Morgan fingerprint density at radius 1 is 1.22 bits per heavy atom. The van der Waals surface area contributed by atoms with Crippen LogP contribution in [-0.4, -0.2) is 57.7 Å². The molecule has 0 aromatic heterocycles. The molecule has 0 unspecified atom stereocenters. The van der Waals surface area contributed by atoms with Crippen LogP contribution in [0.5, 0.6) is 0 Å². The molecule has 1 rings (SSSR count). The van der Waals surface area contributed by atoms with Crippen LogP contribution < -0.4 is 10.6 Å². The van der Waals surface area contributed by atoms with Gasteiger partial charge in [-0.05, 0) is 32.1 Å². The lowest BCUT2D eigenvalue weighted by molar-refractivity contribution is 0.445. The fourth-order valence-corrected chi connectivity index (χ4v) is 4.14. The maximum absolute atomic E-state index is 12.1. The summed E-state index contributed by atoms with van der Waals surface area (Å²) in [6.07, 6.45) is 8.38. The number of rotatable bonds is 9. The summed E-state index contributed by atoms with van der Waals surface area (Å²) in [6.45, 7) is 5.93. The first-order valence-corrected chi connectivity index (χ1v) is 10.2. The van der Waals surface area contributed by atoms with Gasteiger partial charge in [-0.2, -0.15) is 0 Å². The third kappa shape index (κ3) is 7.35. The molecule has 134 valence electrons. The van der Waals surface area contributed by atoms with Gasteiger partial charge in [-0.3, -0.25) is 4.99 Å². The monoisotopic (exact) mass is 344 g/mol. The number of hydrogen-bond donors (Lipinski definition) is 2. The molecule has 6 nitrogen and oxygen atoms in total. The molecule has 2 N–H and O–H groups in total. The lowest BCUT2D eigenvalue weighted by Crippen LogP contribution is -2.42. The zero-order valence-electron chi connectivity index (χ0n) is 14.8. The van der Waals surface area contributed by atoms with E-state index in [9.17, 15) is 8.42 Å². The van der Waals surface area contributed by atoms with E-state index in [-0.39, 0.29) is 5.75 Å². The van der Waals surface area contributed by atoms with E-state index in [2.05, 4.69) is 21.7 Å². The van der Waals surface area contributed by atoms with Crippen molar-refractivity contribution < 1.29 is 8.42 Å². The van der Waals surface area contributed by atoms with Crippen molar-refractivity contribution in [1.29, 1.82) is 0 Å². The van der Waals surface area contributed by atoms with Crippen LogP contribution in [-0.2, 0) is 10.0 Å². The van der Waals surface area contributed by atoms with E-state index >= 15 is 0 Å². The summed E-state index contributed by atoms with van der Waals surface area (Å²) in [5, 5.41) is 6.33. The molecule has 23 heavy (non-hydrogen) atoms. The highest BCUT2D eigenvalue weighted by Crippen LogP contribution is 2.19. The standard InChI is InChI=1S/C16H32N4O2S/c1-4-20(5-2)23(21,22)14-13-19-16(17-3)18-12-11-15-9-7-6-8-10-15/h9H,4-8,10-14H2,1-3H3,(H2,17,18,19). The first-order valence-electron chi connectivity index (χ1n) is 8.63. The van der Waals surface area contributed by atoms with Crippen molar-refractivity contribution in [2.45, 2.75) is 46.0 Å². The minimum Gasteiger partial charge on any atom is -0.356 e. The summed E-state index contributed by atoms with van der Waals surface area (Å²) in [6, 6.07) is 0. The molecule has 0 radical (unpaired) electrons. The summed E-state index contributed by atoms with van der Waals surface area (Å²) in [5.41, 5.74) is 1.52. The fraction of sp³-hybridized carbons (Fsp3) is 0.812. The summed E-state index contributed by atoms with van der Waals surface area (Å²) >= 11 is 0. The molecule has 0 amide bonds. The van der Waals surface area contributed by atoms with Gasteiger partial charge in [0.25, 0.3) is 0 Å². The minimum absolute atomic E-state index is 0.0839. The van der Waals surface area contributed by atoms with E-state index in [4.69, 9.17) is 0 Å². The first-order chi connectivity index (χ1) is 11.0. The van der Waals surface area contributed by atoms with E-state index in [1.165, 1.54) is 35.6 Å². The van der Waals surface area contributed by atoms with Gasteiger partial charge in [0.2, 0.25) is 10.0 Å². The van der Waals surface area contributed by atoms with E-state index in [1.54, 1.807) is 7.05 Å². The highest BCUT2D eigenvalue weighted by atomic mass is 32.2. The number of guanidine groups is 1. The molecular weight excluding hydrogens is 312 g/mol. The van der Waals surface area contributed by atoms with Gasteiger partial charge in [0.05, 0.1) is 5.75 Å². The van der Waals surface area contributed by atoms with E-state index in [1.807, 2.05) is 13.8 Å². The third-order valence-corrected chi connectivity index (χ3v) is 6.12. The quantitative estimate of drug-likeness (QED) is 0.379. The van der Waals surface area contributed by atoms with Gasteiger partial charge in [0.15, 0.2) is 5.96 Å². The van der Waals surface area contributed by atoms with Crippen LogP contribution in [0.2, 0.25) is 0 Å². The molecule has 1 aliphatic carbocycles. The highest BCUT2D eigenvalue weighted by molar-refractivity contribution is 7.89. The van der Waals surface area contributed by atoms with Crippen LogP contribution in [0.1, 0.15) is 46.0 Å². The van der Waals surface area contributed by atoms with Gasteiger partial charge < -0.3 is 10.6 Å². The Balaban J connectivity index is 2.30. The summed E-state index contributed by atoms with van der Waals surface area (Å²) in [7, 11) is -1.48. The van der Waals surface area contributed by atoms with Crippen LogP contribution in [0.15, 0.2) is 16.6 Å². The normalized spacial score (nSPS) is 16.3. The molecule has 0 spiro atoms. The third-order valence-electron chi connectivity index (χ3n) is 4.10. The van der Waals surface area contributed by atoms with Gasteiger partial charge in [0, 0.05) is 33.2 Å². The van der Waals surface area contributed by atoms with Crippen molar-refractivity contribution in [1.82, 2.24) is 14.9 Å². The van der Waals surface area contributed by atoms with E-state index in [0.29, 0.717) is 25.6 Å². The Bertz CT molecular complexity index is 496. The number of nitrogens with zero attached hydrogens (tertiary/aromatic N) is 2. The van der Waals surface area contributed by atoms with Crippen molar-refractivity contribution in [3.05, 3.63) is 11.6 Å². The van der Waals surface area contributed by atoms with Crippen LogP contribution in [0, 0.1) is 0 Å². The Morgan fingerprint density at radius 2 is 1.91 bits per heavy atom. The first kappa shape index (κ1) is 20.0. The zero-order chi connectivity index (χ0) is 17.1. The van der Waals surface area contributed by atoms with Gasteiger partial charge in [-0.15, -0.1) is 0 Å². The van der Waals surface area contributed by atoms with E-state index < -0.39 is 10.0 Å². The zero-order valence-corrected chi connectivity index (χ0v) is 15.6. The molecule has 7 heteroatoms. The van der Waals surface area contributed by atoms with Crippen molar-refractivity contribution in [2.75, 3.05) is 39.0 Å². The predicted octanol–water partition coefficient (Wildman–Crippen LogP) is 1.71. The van der Waals surface area contributed by atoms with Crippen molar-refractivity contribution in [2.24, 2.45) is 4.99 Å². The lowest BCUT2D eigenvalue weighted by atomic mass is 9.97. The minimum atomic E-state index is -3.19. The van der Waals surface area contributed by atoms with Gasteiger partial charge >= 0.3 is 0 Å². The maximum Gasteiger partial charge on any atom is 0.215 e. The van der Waals surface area contributed by atoms with Crippen molar-refractivity contribution in [3.63, 3.8) is 0 Å². The Hall–Kier alpha value is -1.08. The summed E-state index contributed by atoms with van der Waals surface area (Å²) < 4.78 is 25.7. The fourth-order valence-electron chi connectivity index (χ4n) is 2.74. The number of allylic oxidation sites excluding steroid dienone is 1. The smallest absolute Gasteiger partial charge is 0.215 e. The average Bonchev–Trinajstić information content (AvgIpc) is 2.55. The van der Waals surface area contributed by atoms with Crippen LogP contribution in [0.25, 0.3) is 0 Å². The Morgan fingerprint density at radius 3 is 2.48 bits per heavy atom. The molecule has 1 aliphatic rings. The second-order valence-corrected chi connectivity index (χ2v) is 7.77. The summed E-state index contributed by atoms with van der Waals surface area (Å²) in [5.74, 6) is 0.747. The number of aliphatic imine (C=N–C) groups is 1. The van der Waals surface area contributed by atoms with Crippen LogP contribution >= 0.6 is 0 Å². The van der Waals surface area contributed by atoms with Gasteiger partial charge in [0.1, 0.15) is 0 Å². The number of nitrogens with one attached hydrogen (secondary N) is 2. The van der Waals surface area contributed by atoms with Crippen molar-refractivity contribution in [3.8, 4) is 0 Å². The van der Waals surface area contributed by atoms with Crippen molar-refractivity contribution >= 4 is 16.0 Å². The molecule has 0 saturated carbocycles. The maximum atomic E-state index is 12.1. The SMILES string of the molecule is CCN(CC)S(=O)(=O)CCNC(=NC)NCCC1=CCCCC1. The Kier molecular flexibility index (Phi) is 9.24. The molecule has 0 heterocycles. The van der Waals surface area contributed by atoms with Gasteiger partial charge in [-0.25, -0.2) is 12.7 Å². The highest BCUT2D eigenvalue weighted by Gasteiger charge is 2.18. The average molecular weight is 345 g/mol. The predicted molar refractivity (Wildman–Crippen MR) is 97.2 cm³/mol. The topological polar surface area (TPSA) is 73.8 Å². The number of hydrogen-bond acceptors (Lipinski definition) is 3. The molecule has 0 aromatic rings. The van der Waals surface area contributed by atoms with Crippen LogP contribution in [0.4, 0.5) is 0 Å². The molecule has 0 saturated heterocycles. The Labute approximate surface area is 141 Å². The molecule has 0 aliphatic heterocycles. The molecule has 0 aromatic carbocycles. The van der Waals surface area contributed by atoms with Crippen LogP contribution in [0.3, 0.4) is 0 Å². The lowest BCUT2D eigenvalue weighted by Gasteiger charge is -2.19. The molecular formula is C16H32N4O2S. The molecule has 0 fully saturated rings. The second-order valence-electron chi connectivity index (χ2n) is 5.68. The van der Waals surface area contributed by atoms with E-state index in [0.717, 1.165) is 13.0 Å². The largest absolute Gasteiger partial charge is 0.356 e. The second kappa shape index (κ2) is 10.6. The molecule has 0 bridgehead atoms. The molecule has 0 atom stereocenters. The number of sulfonamides is 1. The summed E-state index contributed by atoms with van der Waals surface area (Å²) in [4.78, 5) is 4.14. The van der Waals surface area contributed by atoms with Gasteiger partial charge in [-0.1, -0.05) is 25.5 Å².